The molecule has 1 rings (SSSR count). The van der Waals surface area contributed by atoms with Crippen LogP contribution in [0, 0.1) is 0 Å². The van der Waals surface area contributed by atoms with E-state index in [1.54, 1.807) is 4.90 Å². The predicted octanol–water partition coefficient (Wildman–Crippen LogP) is 3.31. The molecule has 6 heteroatoms. The van der Waals surface area contributed by atoms with Gasteiger partial charge >= 0.3 is 0 Å². The van der Waals surface area contributed by atoms with E-state index in [0.717, 1.165) is 19.4 Å². The standard InChI is InChI=1S/C5H9NO.C2Cl4/c1-6-4-2-3-5(6)7;3-1(4)2(5)6/h2-4H2,1H3;. The number of hydrogen-bond donors (Lipinski definition) is 0. The molecular formula is C7H9Cl4NO. The van der Waals surface area contributed by atoms with E-state index < -0.39 is 0 Å². The minimum absolute atomic E-state index is 0.0988. The van der Waals surface area contributed by atoms with Gasteiger partial charge in [-0.1, -0.05) is 46.4 Å². The normalized spacial score (nSPS) is 15.2. The molecule has 2 nitrogen and oxygen atoms in total. The van der Waals surface area contributed by atoms with Crippen molar-refractivity contribution in [2.75, 3.05) is 13.6 Å². The Balaban J connectivity index is 0.000000226. The summed E-state index contributed by atoms with van der Waals surface area (Å²) in [5.41, 5.74) is 0. The maximum Gasteiger partial charge on any atom is 0.222 e. The number of rotatable bonds is 0. The third-order valence-electron chi connectivity index (χ3n) is 1.45. The SMILES string of the molecule is CN1CCCC1=O.ClC(Cl)=C(Cl)Cl. The number of likely N-dealkylation sites (tertiary alicyclic amines) is 1. The lowest BCUT2D eigenvalue weighted by Crippen LogP contribution is -2.17. The second-order valence-electron chi connectivity index (χ2n) is 2.44. The first kappa shape index (κ1) is 13.4. The van der Waals surface area contributed by atoms with Crippen LogP contribution in [-0.4, -0.2) is 24.4 Å². The lowest BCUT2D eigenvalue weighted by atomic mass is 10.4. The smallest absolute Gasteiger partial charge is 0.222 e. The zero-order valence-corrected chi connectivity index (χ0v) is 10.0. The fourth-order valence-corrected chi connectivity index (χ4v) is 0.783. The lowest BCUT2D eigenvalue weighted by Gasteiger charge is -2.03. The highest BCUT2D eigenvalue weighted by molar-refractivity contribution is 6.67. The molecule has 0 aliphatic carbocycles. The van der Waals surface area contributed by atoms with Gasteiger partial charge in [-0.15, -0.1) is 0 Å². The van der Waals surface area contributed by atoms with E-state index in [4.69, 9.17) is 46.4 Å². The number of amides is 1. The van der Waals surface area contributed by atoms with Crippen LogP contribution in [0.3, 0.4) is 0 Å². The molecule has 1 aliphatic heterocycles. The van der Waals surface area contributed by atoms with Crippen molar-refractivity contribution in [1.29, 1.82) is 0 Å². The van der Waals surface area contributed by atoms with Crippen LogP contribution in [0.2, 0.25) is 0 Å². The Bertz CT molecular complexity index is 199. The van der Waals surface area contributed by atoms with E-state index in [2.05, 4.69) is 0 Å². The van der Waals surface area contributed by atoms with Gasteiger partial charge in [0.25, 0.3) is 0 Å². The van der Waals surface area contributed by atoms with Crippen molar-refractivity contribution < 1.29 is 4.79 Å². The van der Waals surface area contributed by atoms with Gasteiger partial charge in [0.2, 0.25) is 5.91 Å². The van der Waals surface area contributed by atoms with Crippen LogP contribution >= 0.6 is 46.4 Å². The molecule has 1 amide bonds. The molecule has 0 bridgehead atoms. The number of hydrogen-bond acceptors (Lipinski definition) is 1. The van der Waals surface area contributed by atoms with Gasteiger partial charge in [-0.25, -0.2) is 0 Å². The van der Waals surface area contributed by atoms with Crippen molar-refractivity contribution in [1.82, 2.24) is 4.90 Å². The van der Waals surface area contributed by atoms with E-state index in [1.807, 2.05) is 7.05 Å². The number of carbonyl (C=O) groups excluding carboxylic acids is 1. The van der Waals surface area contributed by atoms with Crippen molar-refractivity contribution in [3.05, 3.63) is 8.98 Å². The Kier molecular flexibility index (Phi) is 6.96. The largest absolute Gasteiger partial charge is 0.346 e. The van der Waals surface area contributed by atoms with E-state index >= 15 is 0 Å². The second kappa shape index (κ2) is 6.77. The molecule has 0 atom stereocenters. The van der Waals surface area contributed by atoms with Gasteiger partial charge in [0.05, 0.1) is 0 Å². The molecule has 0 unspecified atom stereocenters. The van der Waals surface area contributed by atoms with Crippen LogP contribution in [0.4, 0.5) is 0 Å². The first-order valence-electron chi connectivity index (χ1n) is 3.55. The average Bonchev–Trinajstić information content (AvgIpc) is 2.37. The van der Waals surface area contributed by atoms with Crippen LogP contribution in [0.5, 0.6) is 0 Å². The third kappa shape index (κ3) is 6.44. The molecule has 0 aromatic rings. The summed E-state index contributed by atoms with van der Waals surface area (Å²) in [6, 6.07) is 0. The summed E-state index contributed by atoms with van der Waals surface area (Å²) in [6.07, 6.45) is 1.81. The van der Waals surface area contributed by atoms with Crippen LogP contribution < -0.4 is 0 Å². The summed E-state index contributed by atoms with van der Waals surface area (Å²) in [5.74, 6) is 0.292. The van der Waals surface area contributed by atoms with Crippen molar-refractivity contribution in [3.63, 3.8) is 0 Å². The van der Waals surface area contributed by atoms with Gasteiger partial charge in [0.1, 0.15) is 8.98 Å². The summed E-state index contributed by atoms with van der Waals surface area (Å²) in [4.78, 5) is 12.3. The van der Waals surface area contributed by atoms with E-state index in [1.165, 1.54) is 0 Å². The Labute approximate surface area is 97.4 Å². The topological polar surface area (TPSA) is 20.3 Å². The zero-order chi connectivity index (χ0) is 10.4. The highest BCUT2D eigenvalue weighted by Gasteiger charge is 2.14. The minimum Gasteiger partial charge on any atom is -0.346 e. The molecule has 76 valence electrons. The zero-order valence-electron chi connectivity index (χ0n) is 6.99. The molecule has 0 radical (unpaired) electrons. The second-order valence-corrected chi connectivity index (χ2v) is 4.34. The van der Waals surface area contributed by atoms with Crippen molar-refractivity contribution >= 4 is 52.3 Å². The number of halogens is 4. The highest BCUT2D eigenvalue weighted by Crippen LogP contribution is 2.20. The van der Waals surface area contributed by atoms with Crippen LogP contribution in [0.25, 0.3) is 0 Å². The fourth-order valence-electron chi connectivity index (χ4n) is 0.783. The van der Waals surface area contributed by atoms with E-state index in [-0.39, 0.29) is 8.98 Å². The molecule has 0 aromatic carbocycles. The van der Waals surface area contributed by atoms with Gasteiger partial charge in [-0.05, 0) is 6.42 Å². The summed E-state index contributed by atoms with van der Waals surface area (Å²) >= 11 is 20.0. The van der Waals surface area contributed by atoms with Gasteiger partial charge in [-0.2, -0.15) is 0 Å². The Morgan fingerprint density at radius 1 is 1.23 bits per heavy atom. The van der Waals surface area contributed by atoms with Crippen LogP contribution in [0.1, 0.15) is 12.8 Å². The van der Waals surface area contributed by atoms with Crippen LogP contribution in [0.15, 0.2) is 8.98 Å². The van der Waals surface area contributed by atoms with Gasteiger partial charge in [-0.3, -0.25) is 4.79 Å². The number of nitrogens with zero attached hydrogens (tertiary/aromatic N) is 1. The molecule has 0 spiro atoms. The Hall–Kier alpha value is 0.370. The summed E-state index contributed by atoms with van der Waals surface area (Å²) in [5, 5.41) is 0. The summed E-state index contributed by atoms with van der Waals surface area (Å²) < 4.78 is -0.198. The Morgan fingerprint density at radius 3 is 1.77 bits per heavy atom. The molecule has 0 aromatic heterocycles. The highest BCUT2D eigenvalue weighted by atomic mass is 35.5. The number of carbonyl (C=O) groups is 1. The van der Waals surface area contributed by atoms with Crippen LogP contribution in [-0.2, 0) is 4.79 Å². The van der Waals surface area contributed by atoms with Gasteiger partial charge in [0.15, 0.2) is 0 Å². The third-order valence-corrected chi connectivity index (χ3v) is 2.60. The quantitative estimate of drug-likeness (QED) is 0.658. The molecule has 0 saturated carbocycles. The monoisotopic (exact) mass is 263 g/mol. The minimum atomic E-state index is -0.0988. The van der Waals surface area contributed by atoms with Gasteiger partial charge < -0.3 is 4.90 Å². The maximum absolute atomic E-state index is 10.5. The lowest BCUT2D eigenvalue weighted by molar-refractivity contribution is -0.126. The predicted molar refractivity (Wildman–Crippen MR) is 57.3 cm³/mol. The summed E-state index contributed by atoms with van der Waals surface area (Å²) in [6.45, 7) is 0.957. The van der Waals surface area contributed by atoms with Crippen molar-refractivity contribution in [2.45, 2.75) is 12.8 Å². The average molecular weight is 265 g/mol. The molecule has 1 heterocycles. The molecule has 1 aliphatic rings. The molecule has 1 saturated heterocycles. The molecular weight excluding hydrogens is 256 g/mol. The van der Waals surface area contributed by atoms with Crippen molar-refractivity contribution in [2.24, 2.45) is 0 Å². The van der Waals surface area contributed by atoms with Crippen molar-refractivity contribution in [3.8, 4) is 0 Å². The van der Waals surface area contributed by atoms with E-state index in [0.29, 0.717) is 5.91 Å². The first-order chi connectivity index (χ1) is 5.95. The molecule has 1 fully saturated rings. The first-order valence-corrected chi connectivity index (χ1v) is 5.06. The fraction of sp³-hybridized carbons (Fsp3) is 0.571. The maximum atomic E-state index is 10.5. The molecule has 0 N–H and O–H groups in total. The van der Waals surface area contributed by atoms with Gasteiger partial charge in [0, 0.05) is 20.0 Å². The Morgan fingerprint density at radius 2 is 1.69 bits per heavy atom. The summed E-state index contributed by atoms with van der Waals surface area (Å²) in [7, 11) is 1.84. The van der Waals surface area contributed by atoms with E-state index in [9.17, 15) is 4.79 Å². The molecule has 13 heavy (non-hydrogen) atoms.